The molecule has 43 heavy (non-hydrogen) atoms. The zero-order chi connectivity index (χ0) is 30.6. The Balaban J connectivity index is 1.46. The molecule has 9 nitrogen and oxygen atoms in total. The first-order valence-electron chi connectivity index (χ1n) is 16.1. The van der Waals surface area contributed by atoms with Crippen molar-refractivity contribution in [3.05, 3.63) is 59.7 Å². The van der Waals surface area contributed by atoms with Crippen molar-refractivity contribution >= 4 is 29.1 Å². The topological polar surface area (TPSA) is 123 Å². The van der Waals surface area contributed by atoms with E-state index in [9.17, 15) is 19.5 Å². The summed E-state index contributed by atoms with van der Waals surface area (Å²) in [6.07, 6.45) is 8.32. The minimum atomic E-state index is -0.945. The lowest BCUT2D eigenvalue weighted by Gasteiger charge is -2.28. The molecule has 0 bridgehead atoms. The second kappa shape index (κ2) is 16.4. The van der Waals surface area contributed by atoms with E-state index in [1.54, 1.807) is 24.0 Å². The van der Waals surface area contributed by atoms with E-state index < -0.39 is 18.2 Å². The quantitative estimate of drug-likeness (QED) is 0.198. The van der Waals surface area contributed by atoms with E-state index in [0.717, 1.165) is 62.7 Å². The predicted molar refractivity (Wildman–Crippen MR) is 171 cm³/mol. The number of carbonyl (C=O) groups excluding carboxylic acids is 3. The number of benzene rings is 2. The summed E-state index contributed by atoms with van der Waals surface area (Å²) in [6.45, 7) is 5.46. The van der Waals surface area contributed by atoms with Crippen LogP contribution in [0, 0.1) is 0 Å². The summed E-state index contributed by atoms with van der Waals surface area (Å²) in [5, 5.41) is 24.1. The Bertz CT molecular complexity index is 1200. The van der Waals surface area contributed by atoms with Crippen LogP contribution in [0.3, 0.4) is 0 Å². The molecule has 1 aliphatic carbocycles. The summed E-state index contributed by atoms with van der Waals surface area (Å²) in [4.78, 5) is 40.7. The van der Waals surface area contributed by atoms with Crippen LogP contribution in [0.25, 0.3) is 0 Å². The first-order valence-corrected chi connectivity index (χ1v) is 16.1. The average Bonchev–Trinajstić information content (AvgIpc) is 3.46. The third kappa shape index (κ3) is 9.79. The number of carbonyl (C=O) groups is 3. The number of hydrogen-bond acceptors (Lipinski definition) is 6. The van der Waals surface area contributed by atoms with Gasteiger partial charge in [-0.05, 0) is 62.8 Å². The zero-order valence-electron chi connectivity index (χ0n) is 25.7. The van der Waals surface area contributed by atoms with Gasteiger partial charge in [0.25, 0.3) is 5.91 Å². The summed E-state index contributed by atoms with van der Waals surface area (Å²) in [5.41, 5.74) is 2.90. The smallest absolute Gasteiger partial charge is 0.251 e. The van der Waals surface area contributed by atoms with Crippen LogP contribution in [0.4, 0.5) is 11.4 Å². The van der Waals surface area contributed by atoms with Gasteiger partial charge in [-0.2, -0.15) is 0 Å². The summed E-state index contributed by atoms with van der Waals surface area (Å²) < 4.78 is 0. The largest absolute Gasteiger partial charge is 0.390 e. The lowest BCUT2D eigenvalue weighted by atomic mass is 9.95. The molecule has 1 saturated heterocycles. The normalized spacial score (nSPS) is 17.7. The zero-order valence-corrected chi connectivity index (χ0v) is 25.7. The Labute approximate surface area is 256 Å². The van der Waals surface area contributed by atoms with Gasteiger partial charge in [0.1, 0.15) is 0 Å². The number of aliphatic hydroxyl groups excluding tert-OH is 1. The molecular formula is C34H49N5O4. The van der Waals surface area contributed by atoms with Crippen molar-refractivity contribution in [3.8, 4) is 0 Å². The van der Waals surface area contributed by atoms with Crippen LogP contribution in [0.2, 0.25) is 0 Å². The molecule has 0 unspecified atom stereocenters. The van der Waals surface area contributed by atoms with Gasteiger partial charge in [-0.25, -0.2) is 0 Å². The van der Waals surface area contributed by atoms with Crippen LogP contribution in [0.15, 0.2) is 48.5 Å². The Morgan fingerprint density at radius 1 is 1.05 bits per heavy atom. The van der Waals surface area contributed by atoms with Crippen molar-refractivity contribution in [3.63, 3.8) is 0 Å². The molecule has 3 atom stereocenters. The van der Waals surface area contributed by atoms with Crippen molar-refractivity contribution in [2.75, 3.05) is 29.9 Å². The van der Waals surface area contributed by atoms with Crippen LogP contribution in [0.5, 0.6) is 0 Å². The maximum Gasteiger partial charge on any atom is 0.251 e. The molecule has 2 aromatic rings. The van der Waals surface area contributed by atoms with Crippen LogP contribution in [-0.4, -0.2) is 66.7 Å². The fraction of sp³-hybridized carbons (Fsp3) is 0.559. The lowest BCUT2D eigenvalue weighted by molar-refractivity contribution is -0.123. The van der Waals surface area contributed by atoms with Gasteiger partial charge in [0.15, 0.2) is 0 Å². The Morgan fingerprint density at radius 3 is 2.51 bits per heavy atom. The number of nitrogens with zero attached hydrogens (tertiary/aromatic N) is 1. The number of unbranched alkanes of at least 4 members (excludes halogenated alkanes) is 1. The van der Waals surface area contributed by atoms with E-state index in [4.69, 9.17) is 0 Å². The van der Waals surface area contributed by atoms with Gasteiger partial charge >= 0.3 is 0 Å². The Hall–Kier alpha value is -3.43. The van der Waals surface area contributed by atoms with Crippen molar-refractivity contribution in [2.24, 2.45) is 0 Å². The molecule has 234 valence electrons. The van der Waals surface area contributed by atoms with Crippen LogP contribution in [-0.2, 0) is 16.0 Å². The fourth-order valence-corrected chi connectivity index (χ4v) is 5.84. The predicted octanol–water partition coefficient (Wildman–Crippen LogP) is 4.15. The number of anilines is 2. The maximum atomic E-state index is 13.7. The Kier molecular flexibility index (Phi) is 12.4. The third-order valence-electron chi connectivity index (χ3n) is 8.48. The van der Waals surface area contributed by atoms with E-state index in [2.05, 4.69) is 28.2 Å². The first kappa shape index (κ1) is 32.5. The van der Waals surface area contributed by atoms with Gasteiger partial charge < -0.3 is 31.3 Å². The molecule has 1 saturated carbocycles. The maximum absolute atomic E-state index is 13.7. The second-order valence-electron chi connectivity index (χ2n) is 12.0. The molecule has 0 radical (unpaired) electrons. The highest BCUT2D eigenvalue weighted by Gasteiger charge is 2.27. The van der Waals surface area contributed by atoms with Crippen LogP contribution in [0.1, 0.15) is 87.6 Å². The lowest BCUT2D eigenvalue weighted by Crippen LogP contribution is -2.53. The van der Waals surface area contributed by atoms with Crippen LogP contribution < -0.4 is 26.2 Å². The van der Waals surface area contributed by atoms with Crippen molar-refractivity contribution in [2.45, 2.75) is 102 Å². The molecular weight excluding hydrogens is 542 g/mol. The van der Waals surface area contributed by atoms with Crippen LogP contribution >= 0.6 is 0 Å². The van der Waals surface area contributed by atoms with E-state index >= 15 is 0 Å². The second-order valence-corrected chi connectivity index (χ2v) is 12.0. The van der Waals surface area contributed by atoms with E-state index in [1.807, 2.05) is 36.4 Å². The molecule has 0 aromatic heterocycles. The molecule has 5 N–H and O–H groups in total. The number of aliphatic hydroxyl groups is 1. The molecule has 9 heteroatoms. The average molecular weight is 592 g/mol. The highest BCUT2D eigenvalue weighted by Crippen LogP contribution is 2.27. The summed E-state index contributed by atoms with van der Waals surface area (Å²) >= 11 is 0. The highest BCUT2D eigenvalue weighted by molar-refractivity contribution is 6.00. The number of amides is 3. The minimum Gasteiger partial charge on any atom is -0.390 e. The summed E-state index contributed by atoms with van der Waals surface area (Å²) in [5.74, 6) is -0.337. The van der Waals surface area contributed by atoms with Crippen molar-refractivity contribution in [1.29, 1.82) is 0 Å². The molecule has 2 aliphatic rings. The molecule has 1 heterocycles. The van der Waals surface area contributed by atoms with Gasteiger partial charge in [-0.15, -0.1) is 0 Å². The van der Waals surface area contributed by atoms with Crippen molar-refractivity contribution in [1.82, 2.24) is 16.0 Å². The Morgan fingerprint density at radius 2 is 1.81 bits per heavy atom. The van der Waals surface area contributed by atoms with Gasteiger partial charge in [-0.1, -0.05) is 62.9 Å². The minimum absolute atomic E-state index is 0.0576. The van der Waals surface area contributed by atoms with Gasteiger partial charge in [0, 0.05) is 49.0 Å². The van der Waals surface area contributed by atoms with Crippen molar-refractivity contribution < 1.29 is 19.5 Å². The molecule has 1 aliphatic heterocycles. The number of nitrogens with one attached hydrogen (secondary N) is 4. The molecule has 0 spiro atoms. The first-order chi connectivity index (χ1) is 20.8. The van der Waals surface area contributed by atoms with E-state index in [-0.39, 0.29) is 30.3 Å². The fourth-order valence-electron chi connectivity index (χ4n) is 5.84. The van der Waals surface area contributed by atoms with Gasteiger partial charge in [-0.3, -0.25) is 14.4 Å². The van der Waals surface area contributed by atoms with E-state index in [1.165, 1.54) is 6.42 Å². The van der Waals surface area contributed by atoms with Gasteiger partial charge in [0.05, 0.1) is 18.2 Å². The molecule has 2 fully saturated rings. The number of hydrogen-bond donors (Lipinski definition) is 5. The van der Waals surface area contributed by atoms with E-state index in [0.29, 0.717) is 30.6 Å². The van der Waals surface area contributed by atoms with Gasteiger partial charge in [0.2, 0.25) is 11.8 Å². The molecule has 2 aromatic carbocycles. The standard InChI is InChI=1S/C34H49N5O4/c1-3-4-17-35-28-20-26(21-29(22-28)39-18-11-16-32(39)41)34(43)38-30(19-25-12-7-5-8-13-25)31(40)23-36-24(2)33(42)37-27-14-9-6-10-15-27/h5,7-8,12-13,20-22,24,27,30-31,35-36,40H,3-4,6,9-11,14-19,23H2,1-2H3,(H,37,42)(H,38,43)/t24-,30-,31-/m0/s1. The monoisotopic (exact) mass is 591 g/mol. The highest BCUT2D eigenvalue weighted by atomic mass is 16.3. The SMILES string of the molecule is CCCCNc1cc(C(=O)N[C@@H](Cc2ccccc2)[C@@H](O)CN[C@@H](C)C(=O)NC2CCCCC2)cc(N2CCCC2=O)c1. The number of rotatable bonds is 15. The molecule has 4 rings (SSSR count). The summed E-state index contributed by atoms with van der Waals surface area (Å²) in [6, 6.07) is 14.3. The molecule has 3 amide bonds. The summed E-state index contributed by atoms with van der Waals surface area (Å²) in [7, 11) is 0. The third-order valence-corrected chi connectivity index (χ3v) is 8.48.